The van der Waals surface area contributed by atoms with Crippen molar-refractivity contribution >= 4 is 21.4 Å². The summed E-state index contributed by atoms with van der Waals surface area (Å²) in [6.45, 7) is 5.70. The van der Waals surface area contributed by atoms with Gasteiger partial charge in [-0.3, -0.25) is 0 Å². The highest BCUT2D eigenvalue weighted by Gasteiger charge is 2.23. The Morgan fingerprint density at radius 3 is 2.62 bits per heavy atom. The fourth-order valence-corrected chi connectivity index (χ4v) is 5.22. The molecule has 138 valence electrons. The van der Waals surface area contributed by atoms with Gasteiger partial charge in [0.25, 0.3) is 0 Å². The van der Waals surface area contributed by atoms with E-state index < -0.39 is 10.0 Å². The van der Waals surface area contributed by atoms with Crippen molar-refractivity contribution in [1.29, 1.82) is 0 Å². The van der Waals surface area contributed by atoms with Gasteiger partial charge < -0.3 is 9.26 Å². The minimum absolute atomic E-state index is 0.150. The van der Waals surface area contributed by atoms with Crippen LogP contribution >= 0.6 is 11.3 Å². The lowest BCUT2D eigenvalue weighted by atomic mass is 10.2. The molecule has 3 rings (SSSR count). The summed E-state index contributed by atoms with van der Waals surface area (Å²) in [5.41, 5.74) is 2.48. The van der Waals surface area contributed by atoms with Crippen molar-refractivity contribution in [2.24, 2.45) is 0 Å². The average Bonchev–Trinajstić information content (AvgIpc) is 3.17. The second kappa shape index (κ2) is 7.22. The first-order chi connectivity index (χ1) is 12.3. The minimum Gasteiger partial charge on any atom is -0.496 e. The molecule has 1 N–H and O–H groups in total. The van der Waals surface area contributed by atoms with Crippen molar-refractivity contribution in [3.63, 3.8) is 0 Å². The zero-order chi connectivity index (χ0) is 18.9. The van der Waals surface area contributed by atoms with Crippen LogP contribution < -0.4 is 9.46 Å². The molecule has 1 aromatic carbocycles. The van der Waals surface area contributed by atoms with E-state index >= 15 is 0 Å². The van der Waals surface area contributed by atoms with Crippen molar-refractivity contribution in [3.05, 3.63) is 52.0 Å². The molecule has 0 spiro atoms. The molecule has 6 nitrogen and oxygen atoms in total. The highest BCUT2D eigenvalue weighted by atomic mass is 32.2. The van der Waals surface area contributed by atoms with Crippen LogP contribution in [0.15, 0.2) is 39.8 Å². The molecule has 0 amide bonds. The fourth-order valence-electron chi connectivity index (χ4n) is 2.59. The first-order valence-electron chi connectivity index (χ1n) is 7.98. The predicted molar refractivity (Wildman–Crippen MR) is 101 cm³/mol. The van der Waals surface area contributed by atoms with Crippen molar-refractivity contribution in [3.8, 4) is 16.4 Å². The van der Waals surface area contributed by atoms with E-state index in [0.717, 1.165) is 21.7 Å². The number of sulfonamides is 1. The number of aryl methyl sites for hydroxylation is 2. The summed E-state index contributed by atoms with van der Waals surface area (Å²) in [6.07, 6.45) is 0. The Hall–Kier alpha value is -2.16. The number of rotatable bonds is 6. The second-order valence-corrected chi connectivity index (χ2v) is 8.88. The third-order valence-corrected chi connectivity index (χ3v) is 6.89. The zero-order valence-electron chi connectivity index (χ0n) is 15.0. The molecule has 0 aliphatic carbocycles. The number of hydrogen-bond acceptors (Lipinski definition) is 6. The lowest BCUT2D eigenvalue weighted by molar-refractivity contribution is 0.409. The van der Waals surface area contributed by atoms with Gasteiger partial charge in [0.2, 0.25) is 10.0 Å². The maximum Gasteiger partial charge on any atom is 0.241 e. The summed E-state index contributed by atoms with van der Waals surface area (Å²) >= 11 is 1.37. The molecule has 8 heteroatoms. The summed E-state index contributed by atoms with van der Waals surface area (Å²) in [5.74, 6) is 1.26. The molecule has 0 bridgehead atoms. The van der Waals surface area contributed by atoms with Crippen LogP contribution in [0.5, 0.6) is 5.75 Å². The molecule has 0 saturated heterocycles. The van der Waals surface area contributed by atoms with E-state index in [1.807, 2.05) is 32.0 Å². The number of nitrogens with one attached hydrogen (secondary N) is 1. The molecule has 0 aliphatic rings. The van der Waals surface area contributed by atoms with E-state index in [1.165, 1.54) is 11.3 Å². The lowest BCUT2D eigenvalue weighted by Gasteiger charge is -2.10. The molecular weight excluding hydrogens is 372 g/mol. The van der Waals surface area contributed by atoms with Crippen LogP contribution in [-0.2, 0) is 16.6 Å². The number of benzene rings is 1. The van der Waals surface area contributed by atoms with Crippen LogP contribution in [-0.4, -0.2) is 20.7 Å². The molecular formula is C18H20N2O4S2. The lowest BCUT2D eigenvalue weighted by Crippen LogP contribution is -2.23. The number of thiophene rings is 1. The molecule has 0 aliphatic heterocycles. The molecule has 26 heavy (non-hydrogen) atoms. The maximum atomic E-state index is 12.8. The van der Waals surface area contributed by atoms with Gasteiger partial charge in [0.15, 0.2) is 5.76 Å². The third-order valence-electron chi connectivity index (χ3n) is 4.19. The van der Waals surface area contributed by atoms with Gasteiger partial charge in [-0.15, -0.1) is 11.3 Å². The number of para-hydroxylation sites is 1. The van der Waals surface area contributed by atoms with E-state index in [0.29, 0.717) is 16.4 Å². The summed E-state index contributed by atoms with van der Waals surface area (Å²) in [7, 11) is -2.10. The van der Waals surface area contributed by atoms with Gasteiger partial charge in [0, 0.05) is 22.5 Å². The van der Waals surface area contributed by atoms with Crippen LogP contribution in [0.2, 0.25) is 0 Å². The second-order valence-electron chi connectivity index (χ2n) is 5.89. The first-order valence-corrected chi connectivity index (χ1v) is 10.3. The SMILES string of the molecule is COc1ccccc1CNS(=O)(=O)c1cc(-c2onc(C)c2C)sc1C. The summed E-state index contributed by atoms with van der Waals surface area (Å²) in [4.78, 5) is 1.69. The Morgan fingerprint density at radius 1 is 1.23 bits per heavy atom. The van der Waals surface area contributed by atoms with Crippen molar-refractivity contribution in [2.75, 3.05) is 7.11 Å². The molecule has 0 fully saturated rings. The zero-order valence-corrected chi connectivity index (χ0v) is 16.6. The Bertz CT molecular complexity index is 1040. The molecule has 0 saturated carbocycles. The average molecular weight is 393 g/mol. The number of hydrogen-bond donors (Lipinski definition) is 1. The molecule has 0 atom stereocenters. The van der Waals surface area contributed by atoms with Gasteiger partial charge in [-0.2, -0.15) is 0 Å². The van der Waals surface area contributed by atoms with Gasteiger partial charge in [-0.05, 0) is 32.9 Å². The van der Waals surface area contributed by atoms with Crippen LogP contribution in [0.1, 0.15) is 21.7 Å². The van der Waals surface area contributed by atoms with E-state index in [-0.39, 0.29) is 11.4 Å². The Balaban J connectivity index is 1.87. The number of ether oxygens (including phenoxy) is 1. The van der Waals surface area contributed by atoms with E-state index in [9.17, 15) is 8.42 Å². The topological polar surface area (TPSA) is 81.4 Å². The Kier molecular flexibility index (Phi) is 5.17. The maximum absolute atomic E-state index is 12.8. The number of nitrogens with zero attached hydrogens (tertiary/aromatic N) is 1. The van der Waals surface area contributed by atoms with Crippen LogP contribution in [0.4, 0.5) is 0 Å². The van der Waals surface area contributed by atoms with Gasteiger partial charge in [0.05, 0.1) is 22.6 Å². The van der Waals surface area contributed by atoms with Gasteiger partial charge in [-0.25, -0.2) is 13.1 Å². The molecule has 2 aromatic heterocycles. The highest BCUT2D eigenvalue weighted by molar-refractivity contribution is 7.89. The molecule has 0 radical (unpaired) electrons. The highest BCUT2D eigenvalue weighted by Crippen LogP contribution is 2.36. The van der Waals surface area contributed by atoms with Gasteiger partial charge in [0.1, 0.15) is 5.75 Å². The Labute approximate surface area is 156 Å². The summed E-state index contributed by atoms with van der Waals surface area (Å²) in [5, 5.41) is 3.94. The fraction of sp³-hybridized carbons (Fsp3) is 0.278. The quantitative estimate of drug-likeness (QED) is 0.690. The van der Waals surface area contributed by atoms with Gasteiger partial charge >= 0.3 is 0 Å². The molecule has 0 unspecified atom stereocenters. The van der Waals surface area contributed by atoms with Crippen molar-refractivity contribution in [2.45, 2.75) is 32.2 Å². The van der Waals surface area contributed by atoms with Crippen molar-refractivity contribution < 1.29 is 17.7 Å². The van der Waals surface area contributed by atoms with Crippen LogP contribution in [0.3, 0.4) is 0 Å². The van der Waals surface area contributed by atoms with Crippen LogP contribution in [0.25, 0.3) is 10.6 Å². The number of methoxy groups -OCH3 is 1. The van der Waals surface area contributed by atoms with E-state index in [1.54, 1.807) is 26.2 Å². The van der Waals surface area contributed by atoms with Crippen LogP contribution in [0, 0.1) is 20.8 Å². The summed E-state index contributed by atoms with van der Waals surface area (Å²) in [6, 6.07) is 8.95. The normalized spacial score (nSPS) is 11.7. The third kappa shape index (κ3) is 3.53. The van der Waals surface area contributed by atoms with Gasteiger partial charge in [-0.1, -0.05) is 23.4 Å². The number of aromatic nitrogens is 1. The standard InChI is InChI=1S/C18H20N2O4S2/c1-11-12(2)20-24-18(11)16-9-17(13(3)25-16)26(21,22)19-10-14-7-5-6-8-15(14)23-4/h5-9,19H,10H2,1-4H3. The van der Waals surface area contributed by atoms with E-state index in [4.69, 9.17) is 9.26 Å². The predicted octanol–water partition coefficient (Wildman–Crippen LogP) is 3.82. The summed E-state index contributed by atoms with van der Waals surface area (Å²) < 4.78 is 38.8. The minimum atomic E-state index is -3.66. The first kappa shape index (κ1) is 18.6. The largest absolute Gasteiger partial charge is 0.496 e. The van der Waals surface area contributed by atoms with Crippen molar-refractivity contribution in [1.82, 2.24) is 9.88 Å². The van der Waals surface area contributed by atoms with E-state index in [2.05, 4.69) is 9.88 Å². The monoisotopic (exact) mass is 392 g/mol. The smallest absolute Gasteiger partial charge is 0.241 e. The molecule has 3 aromatic rings. The molecule has 2 heterocycles. The Morgan fingerprint density at radius 2 is 1.96 bits per heavy atom.